The molecule has 0 radical (unpaired) electrons. The van der Waals surface area contributed by atoms with E-state index in [1.807, 2.05) is 24.4 Å². The van der Waals surface area contributed by atoms with Crippen molar-refractivity contribution in [1.29, 1.82) is 0 Å². The van der Waals surface area contributed by atoms with Crippen molar-refractivity contribution in [3.63, 3.8) is 0 Å². The molecule has 0 saturated carbocycles. The lowest BCUT2D eigenvalue weighted by atomic mass is 10.2. The fraction of sp³-hybridized carbons (Fsp3) is 0.429. The third kappa shape index (κ3) is 6.63. The lowest BCUT2D eigenvalue weighted by Gasteiger charge is -2.33. The third-order valence-corrected chi connectivity index (χ3v) is 7.06. The summed E-state index contributed by atoms with van der Waals surface area (Å²) >= 11 is 7.97. The second-order valence-electron chi connectivity index (χ2n) is 7.76. The molecule has 1 aromatic carbocycles. The maximum atomic E-state index is 11.0. The number of fused-ring (bicyclic) bond motifs is 2. The first-order valence-electron chi connectivity index (χ1n) is 10.3. The topological polar surface area (TPSA) is 68.1 Å². The number of hydrogen-bond donors (Lipinski definition) is 3. The quantitative estimate of drug-likeness (QED) is 0.352. The number of carbonyl (C=O) groups is 1. The second-order valence-corrected chi connectivity index (χ2v) is 9.28. The van der Waals surface area contributed by atoms with Crippen LogP contribution in [0.3, 0.4) is 0 Å². The van der Waals surface area contributed by atoms with E-state index in [2.05, 4.69) is 22.0 Å². The van der Waals surface area contributed by atoms with Crippen LogP contribution in [0.2, 0.25) is 5.02 Å². The fourth-order valence-corrected chi connectivity index (χ4v) is 5.50. The molecule has 3 heterocycles. The Morgan fingerprint density at radius 2 is 1.81 bits per heavy atom. The minimum absolute atomic E-state index is 0. The second kappa shape index (κ2) is 12.1. The molecule has 2 aliphatic rings. The number of pyridine rings is 1. The van der Waals surface area contributed by atoms with Crippen LogP contribution in [0.4, 0.5) is 11.5 Å². The van der Waals surface area contributed by atoms with E-state index in [0.717, 1.165) is 63.1 Å². The van der Waals surface area contributed by atoms with Crippen molar-refractivity contribution in [1.82, 2.24) is 4.98 Å². The van der Waals surface area contributed by atoms with Gasteiger partial charge in [-0.15, -0.1) is 0 Å². The van der Waals surface area contributed by atoms with Gasteiger partial charge in [-0.05, 0) is 30.3 Å². The maximum Gasteiger partial charge on any atom is 0.223 e. The number of nitrogens with two attached hydrogens (primary N) is 1. The monoisotopic (exact) mass is 503 g/mol. The molecule has 1 saturated heterocycles. The summed E-state index contributed by atoms with van der Waals surface area (Å²) in [6, 6.07) is 10.2. The Kier molecular flexibility index (Phi) is 10.2. The average Bonchev–Trinajstić information content (AvgIpc) is 2.72. The molecule has 1 amide bonds. The molecule has 0 atom stereocenters. The number of rotatable bonds is 7. The maximum absolute atomic E-state index is 11.0. The summed E-state index contributed by atoms with van der Waals surface area (Å²) in [5, 5.41) is 0.768. The van der Waals surface area contributed by atoms with Crippen LogP contribution in [0.25, 0.3) is 0 Å². The van der Waals surface area contributed by atoms with Gasteiger partial charge in [-0.25, -0.2) is 4.98 Å². The number of hydrogen-bond acceptors (Lipinski definition) is 4. The van der Waals surface area contributed by atoms with E-state index < -0.39 is 0 Å². The number of primary amides is 1. The van der Waals surface area contributed by atoms with Gasteiger partial charge in [0.2, 0.25) is 5.91 Å². The van der Waals surface area contributed by atoms with Crippen molar-refractivity contribution in [2.45, 2.75) is 22.6 Å². The Morgan fingerprint density at radius 3 is 2.52 bits per heavy atom. The van der Waals surface area contributed by atoms with Crippen LogP contribution in [0.15, 0.2) is 46.3 Å². The molecule has 4 rings (SSSR count). The van der Waals surface area contributed by atoms with Crippen LogP contribution in [-0.2, 0) is 4.79 Å². The van der Waals surface area contributed by atoms with Gasteiger partial charge in [0.15, 0.2) is 0 Å². The Balaban J connectivity index is 0.00000171. The fourth-order valence-electron chi connectivity index (χ4n) is 4.16. The molecule has 0 unspecified atom stereocenters. The first-order chi connectivity index (χ1) is 14.1. The Morgan fingerprint density at radius 1 is 1.10 bits per heavy atom. The number of piperazine rings is 1. The number of carbonyl (C=O) groups excluding carboxylic acids is 1. The van der Waals surface area contributed by atoms with Gasteiger partial charge in [-0.2, -0.15) is 0 Å². The van der Waals surface area contributed by atoms with Crippen molar-refractivity contribution in [3.05, 3.63) is 41.6 Å². The number of halogens is 3. The Bertz CT molecular complexity index is 880. The highest BCUT2D eigenvalue weighted by atomic mass is 35.5. The highest BCUT2D eigenvalue weighted by molar-refractivity contribution is 7.99. The predicted molar refractivity (Wildman–Crippen MR) is 116 cm³/mol. The highest BCUT2D eigenvalue weighted by Crippen LogP contribution is 2.47. The van der Waals surface area contributed by atoms with E-state index >= 15 is 0 Å². The van der Waals surface area contributed by atoms with Crippen LogP contribution in [0.5, 0.6) is 0 Å². The van der Waals surface area contributed by atoms with Gasteiger partial charge in [0, 0.05) is 29.1 Å². The standard InChI is InChI=1S/C21H26ClN5OS.2ClH/c22-16-4-5-17-19(15-16)29-18-3-1-7-24-21(18)27(17)9-2-8-25-11-13-26(14-12-25)10-6-20(23)28;;/h1,3-5,7,15H,2,6,8-14H2,(H2,23,28);2*1H. The molecule has 170 valence electrons. The smallest absolute Gasteiger partial charge is 0.223 e. The Labute approximate surface area is 205 Å². The normalized spacial score (nSPS) is 19.5. The summed E-state index contributed by atoms with van der Waals surface area (Å²) < 4.78 is 0. The number of nitrogens with one attached hydrogen (secondary N) is 2. The summed E-state index contributed by atoms with van der Waals surface area (Å²) in [7, 11) is 0. The van der Waals surface area contributed by atoms with E-state index in [-0.39, 0.29) is 30.7 Å². The summed E-state index contributed by atoms with van der Waals surface area (Å²) in [6.07, 6.45) is 3.47. The summed E-state index contributed by atoms with van der Waals surface area (Å²) in [5.41, 5.74) is 6.47. The molecule has 0 bridgehead atoms. The average molecular weight is 505 g/mol. The number of aromatic nitrogens is 1. The van der Waals surface area contributed by atoms with Gasteiger partial charge < -0.3 is 45.2 Å². The zero-order chi connectivity index (χ0) is 20.2. The van der Waals surface area contributed by atoms with Crippen molar-refractivity contribution < 1.29 is 39.4 Å². The molecule has 4 N–H and O–H groups in total. The highest BCUT2D eigenvalue weighted by Gasteiger charge is 2.26. The van der Waals surface area contributed by atoms with Gasteiger partial charge in [0.25, 0.3) is 0 Å². The van der Waals surface area contributed by atoms with Gasteiger partial charge in [0.05, 0.1) is 30.1 Å². The lowest BCUT2D eigenvalue weighted by molar-refractivity contribution is -1.01. The van der Waals surface area contributed by atoms with Crippen LogP contribution in [0, 0.1) is 0 Å². The molecular weight excluding hydrogens is 477 g/mol. The Hall–Kier alpha value is -1.22. The SMILES string of the molecule is NC(=O)CC[NH+]1CC[NH+](CCCN2c3ccc(Cl)cc3Sc3cccnc32)CC1.[Cl-].[Cl-]. The van der Waals surface area contributed by atoms with Crippen LogP contribution < -0.4 is 45.2 Å². The minimum atomic E-state index is -0.192. The first-order valence-corrected chi connectivity index (χ1v) is 11.4. The molecule has 1 aromatic heterocycles. The minimum Gasteiger partial charge on any atom is -1.00 e. The van der Waals surface area contributed by atoms with Crippen LogP contribution >= 0.6 is 23.4 Å². The van der Waals surface area contributed by atoms with Gasteiger partial charge in [-0.3, -0.25) is 4.79 Å². The number of nitrogens with zero attached hydrogens (tertiary/aromatic N) is 2. The van der Waals surface area contributed by atoms with Crippen molar-refractivity contribution in [3.8, 4) is 0 Å². The molecule has 0 spiro atoms. The molecule has 2 aliphatic heterocycles. The largest absolute Gasteiger partial charge is 1.00 e. The number of anilines is 2. The van der Waals surface area contributed by atoms with E-state index in [0.29, 0.717) is 6.42 Å². The molecule has 31 heavy (non-hydrogen) atoms. The van der Waals surface area contributed by atoms with E-state index in [9.17, 15) is 4.79 Å². The predicted octanol–water partition coefficient (Wildman–Crippen LogP) is -5.61. The number of benzene rings is 1. The molecule has 10 heteroatoms. The molecular formula is C21H28Cl3N5OS. The summed E-state index contributed by atoms with van der Waals surface area (Å²) in [4.78, 5) is 23.5. The molecule has 1 fully saturated rings. The van der Waals surface area contributed by atoms with Crippen molar-refractivity contribution >= 4 is 40.8 Å². The van der Waals surface area contributed by atoms with E-state index in [1.54, 1.807) is 16.7 Å². The van der Waals surface area contributed by atoms with Crippen molar-refractivity contribution in [2.75, 3.05) is 50.7 Å². The van der Waals surface area contributed by atoms with E-state index in [4.69, 9.17) is 17.3 Å². The number of amides is 1. The summed E-state index contributed by atoms with van der Waals surface area (Å²) in [6.45, 7) is 7.52. The molecule has 2 aromatic rings. The van der Waals surface area contributed by atoms with Gasteiger partial charge >= 0.3 is 0 Å². The zero-order valence-electron chi connectivity index (χ0n) is 17.3. The van der Waals surface area contributed by atoms with Gasteiger partial charge in [0.1, 0.15) is 32.0 Å². The van der Waals surface area contributed by atoms with Crippen molar-refractivity contribution in [2.24, 2.45) is 5.73 Å². The van der Waals surface area contributed by atoms with E-state index in [1.165, 1.54) is 20.4 Å². The molecule has 0 aliphatic carbocycles. The van der Waals surface area contributed by atoms with Crippen LogP contribution in [-0.4, -0.2) is 56.7 Å². The third-order valence-electron chi connectivity index (χ3n) is 5.74. The van der Waals surface area contributed by atoms with Gasteiger partial charge in [-0.1, -0.05) is 23.4 Å². The summed E-state index contributed by atoms with van der Waals surface area (Å²) in [5.74, 6) is 0.852. The lowest BCUT2D eigenvalue weighted by Crippen LogP contribution is -3.28. The first kappa shape index (κ1) is 26.0. The number of quaternary nitrogens is 2. The molecule has 6 nitrogen and oxygen atoms in total. The van der Waals surface area contributed by atoms with Crippen LogP contribution in [0.1, 0.15) is 12.8 Å². The zero-order valence-corrected chi connectivity index (χ0v) is 20.3.